The van der Waals surface area contributed by atoms with Crippen LogP contribution in [0.1, 0.15) is 46.3 Å². The highest BCUT2D eigenvalue weighted by atomic mass is 16.6. The Morgan fingerprint density at radius 3 is 2.36 bits per heavy atom. The molecule has 0 aromatic heterocycles. The summed E-state index contributed by atoms with van der Waals surface area (Å²) in [6.45, 7) is 0. The molecule has 25 heavy (non-hydrogen) atoms. The smallest absolute Gasteiger partial charge is 0.118 e. The van der Waals surface area contributed by atoms with E-state index in [1.54, 1.807) is 0 Å². The first kappa shape index (κ1) is 14.0. The monoisotopic (exact) mass is 330 g/mol. The number of aliphatic hydroxyl groups is 2. The van der Waals surface area contributed by atoms with Crippen molar-refractivity contribution in [2.24, 2.45) is 0 Å². The van der Waals surface area contributed by atoms with Crippen LogP contribution in [0.4, 0.5) is 0 Å². The van der Waals surface area contributed by atoms with Crippen molar-refractivity contribution >= 4 is 0 Å². The zero-order valence-corrected chi connectivity index (χ0v) is 13.5. The van der Waals surface area contributed by atoms with E-state index >= 15 is 0 Å². The number of ether oxygens (including phenoxy) is 1. The first-order chi connectivity index (χ1) is 12.3. The summed E-state index contributed by atoms with van der Waals surface area (Å²) in [5.41, 5.74) is 6.94. The van der Waals surface area contributed by atoms with Crippen LogP contribution in [0, 0.1) is 0 Å². The molecule has 1 heterocycles. The molecule has 2 N–H and O–H groups in total. The van der Waals surface area contributed by atoms with Gasteiger partial charge in [0, 0.05) is 11.8 Å². The van der Waals surface area contributed by atoms with E-state index in [0.29, 0.717) is 11.8 Å². The first-order valence-electron chi connectivity index (χ1n) is 8.88. The average Bonchev–Trinajstić information content (AvgIpc) is 3.46. The van der Waals surface area contributed by atoms with Crippen molar-refractivity contribution in [3.05, 3.63) is 83.0 Å². The molecule has 3 heteroatoms. The molecule has 1 aliphatic heterocycles. The van der Waals surface area contributed by atoms with E-state index in [1.165, 1.54) is 22.3 Å². The normalized spacial score (nSPS) is 35.9. The summed E-state index contributed by atoms with van der Waals surface area (Å²) in [5, 5.41) is 20.8. The third kappa shape index (κ3) is 1.70. The number of fused-ring (bicyclic) bond motifs is 10. The summed E-state index contributed by atoms with van der Waals surface area (Å²) in [7, 11) is 0. The number of allylic oxidation sites excluding steroid dienone is 4. The van der Waals surface area contributed by atoms with Gasteiger partial charge in [-0.2, -0.15) is 0 Å². The van der Waals surface area contributed by atoms with Crippen LogP contribution in [0.15, 0.2) is 60.7 Å². The summed E-state index contributed by atoms with van der Waals surface area (Å²) in [6.07, 6.45) is 6.70. The van der Waals surface area contributed by atoms with Crippen molar-refractivity contribution < 1.29 is 14.9 Å². The van der Waals surface area contributed by atoms with Gasteiger partial charge in [-0.15, -0.1) is 0 Å². The zero-order valence-electron chi connectivity index (χ0n) is 13.5. The number of hydrogen-bond acceptors (Lipinski definition) is 3. The van der Waals surface area contributed by atoms with E-state index in [0.717, 1.165) is 11.1 Å². The number of benzene rings is 2. The third-order valence-electron chi connectivity index (χ3n) is 6.18. The fraction of sp³-hybridized carbons (Fsp3) is 0.273. The van der Waals surface area contributed by atoms with Crippen LogP contribution in [-0.4, -0.2) is 22.4 Å². The van der Waals surface area contributed by atoms with E-state index in [1.807, 2.05) is 6.07 Å². The van der Waals surface area contributed by atoms with E-state index in [9.17, 15) is 10.2 Å². The van der Waals surface area contributed by atoms with Crippen molar-refractivity contribution in [3.63, 3.8) is 0 Å². The van der Waals surface area contributed by atoms with E-state index in [-0.39, 0.29) is 12.2 Å². The second-order valence-corrected chi connectivity index (χ2v) is 7.40. The lowest BCUT2D eigenvalue weighted by Crippen LogP contribution is -2.30. The van der Waals surface area contributed by atoms with Gasteiger partial charge in [-0.1, -0.05) is 60.7 Å². The lowest BCUT2D eigenvalue weighted by molar-refractivity contribution is 0.0000171. The van der Waals surface area contributed by atoms with Crippen LogP contribution in [0.25, 0.3) is 11.1 Å². The number of hydrogen-bond donors (Lipinski definition) is 2. The number of aliphatic hydroxyl groups excluding tert-OH is 2. The Morgan fingerprint density at radius 1 is 0.800 bits per heavy atom. The molecule has 3 aliphatic carbocycles. The van der Waals surface area contributed by atoms with Gasteiger partial charge in [-0.05, 0) is 33.4 Å². The standard InChI is InChI=1S/C22H18O3/c23-19-16-10-9-15-13-7-2-1-5-11(13)12-6-3-4-8-14(12)17(15)18(16)21-22(25-21)20(19)24/h1-11,13,19-24H/t11?,13?,19-,20+,21+,22-/m1/s1. The molecule has 2 aromatic carbocycles. The lowest BCUT2D eigenvalue weighted by Gasteiger charge is -2.36. The number of rotatable bonds is 0. The van der Waals surface area contributed by atoms with Crippen LogP contribution in [0.2, 0.25) is 0 Å². The van der Waals surface area contributed by atoms with E-state index < -0.39 is 12.2 Å². The Hall–Kier alpha value is -2.20. The Kier molecular flexibility index (Phi) is 2.64. The van der Waals surface area contributed by atoms with Crippen molar-refractivity contribution in [1.82, 2.24) is 0 Å². The van der Waals surface area contributed by atoms with Crippen LogP contribution in [0.5, 0.6) is 0 Å². The molecule has 0 bridgehead atoms. The molecule has 0 amide bonds. The van der Waals surface area contributed by atoms with Crippen molar-refractivity contribution in [2.45, 2.75) is 36.3 Å². The average molecular weight is 330 g/mol. The second kappa shape index (κ2) is 4.70. The van der Waals surface area contributed by atoms with Crippen molar-refractivity contribution in [2.75, 3.05) is 0 Å². The molecular weight excluding hydrogens is 312 g/mol. The highest BCUT2D eigenvalue weighted by Gasteiger charge is 2.55. The van der Waals surface area contributed by atoms with Crippen LogP contribution in [-0.2, 0) is 4.74 Å². The first-order valence-corrected chi connectivity index (χ1v) is 8.88. The molecule has 0 saturated carbocycles. The minimum absolute atomic E-state index is 0.101. The van der Waals surface area contributed by atoms with Gasteiger partial charge in [-0.3, -0.25) is 0 Å². The molecule has 3 nitrogen and oxygen atoms in total. The Bertz CT molecular complexity index is 958. The van der Waals surface area contributed by atoms with Gasteiger partial charge in [0.15, 0.2) is 0 Å². The van der Waals surface area contributed by atoms with Gasteiger partial charge in [0.25, 0.3) is 0 Å². The molecule has 4 aliphatic rings. The third-order valence-corrected chi connectivity index (χ3v) is 6.18. The SMILES string of the molecule is O[C@@H]1[C@H]2O[C@H]2c2c(ccc3c2-c2ccccc2C2C=CC=CC32)[C@H]1O. The van der Waals surface area contributed by atoms with Gasteiger partial charge >= 0.3 is 0 Å². The summed E-state index contributed by atoms with van der Waals surface area (Å²) in [4.78, 5) is 0. The predicted octanol–water partition coefficient (Wildman–Crippen LogP) is 3.51. The molecule has 1 saturated heterocycles. The topological polar surface area (TPSA) is 53.0 Å². The Morgan fingerprint density at radius 2 is 1.52 bits per heavy atom. The molecular formula is C22H18O3. The highest BCUT2D eigenvalue weighted by Crippen LogP contribution is 2.58. The summed E-state index contributed by atoms with van der Waals surface area (Å²) in [5.74, 6) is 0.656. The molecule has 6 atom stereocenters. The lowest BCUT2D eigenvalue weighted by atomic mass is 9.67. The maximum Gasteiger partial charge on any atom is 0.118 e. The molecule has 0 radical (unpaired) electrons. The van der Waals surface area contributed by atoms with E-state index in [2.05, 4.69) is 54.6 Å². The molecule has 2 unspecified atom stereocenters. The van der Waals surface area contributed by atoms with Gasteiger partial charge < -0.3 is 14.9 Å². The van der Waals surface area contributed by atoms with Crippen LogP contribution >= 0.6 is 0 Å². The zero-order chi connectivity index (χ0) is 16.7. The largest absolute Gasteiger partial charge is 0.387 e. The fourth-order valence-corrected chi connectivity index (χ4v) is 4.99. The highest BCUT2D eigenvalue weighted by molar-refractivity contribution is 5.81. The molecule has 2 aromatic rings. The molecule has 1 fully saturated rings. The second-order valence-electron chi connectivity index (χ2n) is 7.40. The van der Waals surface area contributed by atoms with Gasteiger partial charge in [0.1, 0.15) is 24.4 Å². The Labute approximate surface area is 145 Å². The minimum Gasteiger partial charge on any atom is -0.387 e. The van der Waals surface area contributed by atoms with Crippen molar-refractivity contribution in [3.8, 4) is 11.1 Å². The fourth-order valence-electron chi connectivity index (χ4n) is 4.99. The summed E-state index contributed by atoms with van der Waals surface area (Å²) in [6, 6.07) is 12.7. The predicted molar refractivity (Wildman–Crippen MR) is 94.2 cm³/mol. The molecule has 0 spiro atoms. The maximum atomic E-state index is 10.6. The summed E-state index contributed by atoms with van der Waals surface area (Å²) < 4.78 is 5.76. The Balaban J connectivity index is 1.68. The van der Waals surface area contributed by atoms with E-state index in [4.69, 9.17) is 4.74 Å². The quantitative estimate of drug-likeness (QED) is 0.727. The van der Waals surface area contributed by atoms with Gasteiger partial charge in [0.05, 0.1) is 0 Å². The maximum absolute atomic E-state index is 10.6. The minimum atomic E-state index is -0.879. The molecule has 6 rings (SSSR count). The van der Waals surface area contributed by atoms with Crippen molar-refractivity contribution in [1.29, 1.82) is 0 Å². The summed E-state index contributed by atoms with van der Waals surface area (Å²) >= 11 is 0. The van der Waals surface area contributed by atoms with Crippen LogP contribution in [0.3, 0.4) is 0 Å². The number of epoxide rings is 1. The molecule has 124 valence electrons. The van der Waals surface area contributed by atoms with Gasteiger partial charge in [0.2, 0.25) is 0 Å². The van der Waals surface area contributed by atoms with Gasteiger partial charge in [-0.25, -0.2) is 0 Å². The van der Waals surface area contributed by atoms with Crippen LogP contribution < -0.4 is 0 Å².